The van der Waals surface area contributed by atoms with Crippen LogP contribution in [0, 0.1) is 0 Å². The predicted octanol–water partition coefficient (Wildman–Crippen LogP) is 0.944. The van der Waals surface area contributed by atoms with Crippen molar-refractivity contribution in [2.24, 2.45) is 5.10 Å². The van der Waals surface area contributed by atoms with Crippen molar-refractivity contribution in [3.8, 4) is 0 Å². The van der Waals surface area contributed by atoms with Crippen molar-refractivity contribution in [1.29, 1.82) is 0 Å². The first-order valence-electron chi connectivity index (χ1n) is 3.70. The largest absolute Gasteiger partial charge is 0.272 e. The van der Waals surface area contributed by atoms with E-state index in [0.717, 1.165) is 13.1 Å². The number of rotatable bonds is 5. The van der Waals surface area contributed by atoms with Crippen LogP contribution in [0.2, 0.25) is 0 Å². The Morgan fingerprint density at radius 1 is 1.67 bits per heavy atom. The average molecular weight is 164 g/mol. The van der Waals surface area contributed by atoms with Crippen LogP contribution in [0.5, 0.6) is 0 Å². The van der Waals surface area contributed by atoms with Crippen LogP contribution in [0.4, 0.5) is 0 Å². The number of nitrogens with zero attached hydrogens (tertiary/aromatic N) is 4. The molecular weight excluding hydrogens is 152 g/mol. The standard InChI is InChI=1S/C8H12N4/c1-3-11(9-2)7-8-12-6-4-5-10-12/h3-6H,1-2,7-8H2. The van der Waals surface area contributed by atoms with Crippen molar-refractivity contribution in [1.82, 2.24) is 14.8 Å². The van der Waals surface area contributed by atoms with Crippen molar-refractivity contribution in [3.05, 3.63) is 31.2 Å². The summed E-state index contributed by atoms with van der Waals surface area (Å²) < 4.78 is 1.84. The number of hydrogen-bond donors (Lipinski definition) is 0. The monoisotopic (exact) mass is 164 g/mol. The minimum absolute atomic E-state index is 0.745. The topological polar surface area (TPSA) is 33.4 Å². The van der Waals surface area contributed by atoms with Crippen molar-refractivity contribution in [3.63, 3.8) is 0 Å². The third-order valence-corrected chi connectivity index (χ3v) is 1.51. The molecule has 12 heavy (non-hydrogen) atoms. The Bertz CT molecular complexity index is 232. The molecule has 1 aromatic heterocycles. The van der Waals surface area contributed by atoms with E-state index in [4.69, 9.17) is 0 Å². The summed E-state index contributed by atoms with van der Waals surface area (Å²) in [7, 11) is 0. The predicted molar refractivity (Wildman–Crippen MR) is 48.7 cm³/mol. The molecule has 0 bridgehead atoms. The summed E-state index contributed by atoms with van der Waals surface area (Å²) in [5.41, 5.74) is 0. The molecule has 4 heteroatoms. The zero-order chi connectivity index (χ0) is 8.81. The smallest absolute Gasteiger partial charge is 0.0605 e. The van der Waals surface area contributed by atoms with E-state index >= 15 is 0 Å². The Hall–Kier alpha value is -1.58. The van der Waals surface area contributed by atoms with E-state index in [1.54, 1.807) is 17.4 Å². The highest BCUT2D eigenvalue weighted by Crippen LogP contribution is 1.91. The van der Waals surface area contributed by atoms with Gasteiger partial charge in [0.15, 0.2) is 0 Å². The minimum Gasteiger partial charge on any atom is -0.272 e. The van der Waals surface area contributed by atoms with Crippen LogP contribution in [0.25, 0.3) is 0 Å². The highest BCUT2D eigenvalue weighted by molar-refractivity contribution is 5.22. The van der Waals surface area contributed by atoms with E-state index in [9.17, 15) is 0 Å². The molecule has 0 fully saturated rings. The molecule has 0 N–H and O–H groups in total. The second kappa shape index (κ2) is 4.33. The molecule has 0 unspecified atom stereocenters. The summed E-state index contributed by atoms with van der Waals surface area (Å²) in [6, 6.07) is 1.89. The lowest BCUT2D eigenvalue weighted by molar-refractivity contribution is 0.369. The first kappa shape index (κ1) is 8.52. The maximum absolute atomic E-state index is 4.05. The Morgan fingerprint density at radius 2 is 2.50 bits per heavy atom. The van der Waals surface area contributed by atoms with Gasteiger partial charge in [0.25, 0.3) is 0 Å². The highest BCUT2D eigenvalue weighted by atomic mass is 15.4. The van der Waals surface area contributed by atoms with Crippen LogP contribution < -0.4 is 0 Å². The molecule has 64 valence electrons. The molecule has 0 aliphatic rings. The van der Waals surface area contributed by atoms with E-state index in [1.165, 1.54) is 0 Å². The third kappa shape index (κ3) is 2.23. The Morgan fingerprint density at radius 3 is 3.00 bits per heavy atom. The molecule has 0 saturated carbocycles. The van der Waals surface area contributed by atoms with Gasteiger partial charge in [-0.2, -0.15) is 10.2 Å². The molecule has 1 heterocycles. The quantitative estimate of drug-likeness (QED) is 0.479. The number of hydrazone groups is 1. The number of aromatic nitrogens is 2. The van der Waals surface area contributed by atoms with Crippen molar-refractivity contribution >= 4 is 6.72 Å². The summed E-state index contributed by atoms with van der Waals surface area (Å²) in [6.07, 6.45) is 5.29. The molecule has 0 spiro atoms. The molecule has 0 amide bonds. The van der Waals surface area contributed by atoms with Gasteiger partial charge in [-0.25, -0.2) is 0 Å². The van der Waals surface area contributed by atoms with Crippen LogP contribution in [0.3, 0.4) is 0 Å². The maximum Gasteiger partial charge on any atom is 0.0605 e. The summed E-state index contributed by atoms with van der Waals surface area (Å²) in [6.45, 7) is 8.54. The van der Waals surface area contributed by atoms with Gasteiger partial charge < -0.3 is 0 Å². The van der Waals surface area contributed by atoms with Crippen LogP contribution >= 0.6 is 0 Å². The SMILES string of the molecule is C=CN(CCn1cccn1)N=C. The molecule has 0 saturated heterocycles. The summed E-state index contributed by atoms with van der Waals surface area (Å²) in [4.78, 5) is 0. The lowest BCUT2D eigenvalue weighted by Gasteiger charge is -2.11. The van der Waals surface area contributed by atoms with E-state index in [2.05, 4.69) is 23.5 Å². The molecule has 0 atom stereocenters. The van der Waals surface area contributed by atoms with E-state index in [1.807, 2.05) is 16.9 Å². The Kier molecular flexibility index (Phi) is 3.07. The van der Waals surface area contributed by atoms with Gasteiger partial charge in [-0.1, -0.05) is 6.58 Å². The second-order valence-electron chi connectivity index (χ2n) is 2.26. The number of hydrogen-bond acceptors (Lipinski definition) is 3. The van der Waals surface area contributed by atoms with Crippen LogP contribution in [0.1, 0.15) is 0 Å². The van der Waals surface area contributed by atoms with E-state index < -0.39 is 0 Å². The van der Waals surface area contributed by atoms with Gasteiger partial charge >= 0.3 is 0 Å². The molecule has 0 aromatic carbocycles. The Balaban J connectivity index is 2.34. The zero-order valence-corrected chi connectivity index (χ0v) is 6.93. The van der Waals surface area contributed by atoms with Gasteiger partial charge in [0.05, 0.1) is 13.1 Å². The molecule has 1 rings (SSSR count). The fourth-order valence-corrected chi connectivity index (χ4v) is 0.857. The van der Waals surface area contributed by atoms with Gasteiger partial charge in [0.2, 0.25) is 0 Å². The lowest BCUT2D eigenvalue weighted by Crippen LogP contribution is -2.16. The fourth-order valence-electron chi connectivity index (χ4n) is 0.857. The van der Waals surface area contributed by atoms with Gasteiger partial charge in [0, 0.05) is 25.3 Å². The maximum atomic E-state index is 4.05. The summed E-state index contributed by atoms with van der Waals surface area (Å²) in [5.74, 6) is 0. The molecule has 0 aliphatic heterocycles. The van der Waals surface area contributed by atoms with Gasteiger partial charge in [-0.15, -0.1) is 0 Å². The van der Waals surface area contributed by atoms with E-state index in [0.29, 0.717) is 0 Å². The van der Waals surface area contributed by atoms with Gasteiger partial charge in [0.1, 0.15) is 0 Å². The lowest BCUT2D eigenvalue weighted by atomic mass is 10.6. The molecule has 0 aliphatic carbocycles. The molecular formula is C8H12N4. The molecule has 4 nitrogen and oxygen atoms in total. The van der Waals surface area contributed by atoms with Crippen molar-refractivity contribution in [2.45, 2.75) is 6.54 Å². The fraction of sp³-hybridized carbons (Fsp3) is 0.250. The average Bonchev–Trinajstić information content (AvgIpc) is 2.59. The third-order valence-electron chi connectivity index (χ3n) is 1.51. The van der Waals surface area contributed by atoms with Crippen molar-refractivity contribution < 1.29 is 0 Å². The normalized spacial score (nSPS) is 9.33. The first-order chi connectivity index (χ1) is 5.86. The first-order valence-corrected chi connectivity index (χ1v) is 3.70. The van der Waals surface area contributed by atoms with Crippen LogP contribution in [-0.4, -0.2) is 28.1 Å². The van der Waals surface area contributed by atoms with Crippen LogP contribution in [0.15, 0.2) is 36.3 Å². The molecule has 1 aromatic rings. The van der Waals surface area contributed by atoms with Gasteiger partial charge in [-0.05, 0) is 6.07 Å². The van der Waals surface area contributed by atoms with Gasteiger partial charge in [-0.3, -0.25) is 9.69 Å². The summed E-state index contributed by atoms with van der Waals surface area (Å²) in [5, 5.41) is 9.45. The minimum atomic E-state index is 0.745. The van der Waals surface area contributed by atoms with E-state index in [-0.39, 0.29) is 0 Å². The van der Waals surface area contributed by atoms with Crippen LogP contribution in [-0.2, 0) is 6.54 Å². The highest BCUT2D eigenvalue weighted by Gasteiger charge is 1.94. The molecule has 0 radical (unpaired) electrons. The zero-order valence-electron chi connectivity index (χ0n) is 6.93. The Labute approximate surface area is 71.8 Å². The summed E-state index contributed by atoms with van der Waals surface area (Å²) >= 11 is 0. The second-order valence-corrected chi connectivity index (χ2v) is 2.26. The van der Waals surface area contributed by atoms with Crippen molar-refractivity contribution in [2.75, 3.05) is 6.54 Å².